The average Bonchev–Trinajstić information content (AvgIpc) is 3.21. The van der Waals surface area contributed by atoms with Gasteiger partial charge in [-0.25, -0.2) is 8.42 Å². The Morgan fingerprint density at radius 2 is 1.91 bits per heavy atom. The molecule has 23 heavy (non-hydrogen) atoms. The molecule has 1 amide bonds. The van der Waals surface area contributed by atoms with Crippen LogP contribution in [0.5, 0.6) is 0 Å². The summed E-state index contributed by atoms with van der Waals surface area (Å²) >= 11 is 1.16. The van der Waals surface area contributed by atoms with Crippen LogP contribution < -0.4 is 10.0 Å². The molecular formula is C16H18N2O3S2. The molecule has 122 valence electrons. The molecule has 1 aliphatic carbocycles. The molecule has 0 saturated heterocycles. The van der Waals surface area contributed by atoms with Crippen LogP contribution in [0.3, 0.4) is 0 Å². The third kappa shape index (κ3) is 3.92. The van der Waals surface area contributed by atoms with Gasteiger partial charge in [0.05, 0.1) is 0 Å². The summed E-state index contributed by atoms with van der Waals surface area (Å²) in [7, 11) is -3.56. The van der Waals surface area contributed by atoms with E-state index in [0.29, 0.717) is 17.2 Å². The highest BCUT2D eigenvalue weighted by molar-refractivity contribution is 7.94. The van der Waals surface area contributed by atoms with Gasteiger partial charge < -0.3 is 5.32 Å². The lowest BCUT2D eigenvalue weighted by Crippen LogP contribution is -2.33. The minimum absolute atomic E-state index is 0.128. The molecule has 3 rings (SSSR count). The van der Waals surface area contributed by atoms with Crippen LogP contribution in [0.15, 0.2) is 46.0 Å². The van der Waals surface area contributed by atoms with Crippen LogP contribution in [0.4, 0.5) is 5.69 Å². The summed E-state index contributed by atoms with van der Waals surface area (Å²) in [5.74, 6) is 0.466. The predicted molar refractivity (Wildman–Crippen MR) is 91.2 cm³/mol. The van der Waals surface area contributed by atoms with E-state index in [-0.39, 0.29) is 16.2 Å². The Morgan fingerprint density at radius 3 is 2.48 bits per heavy atom. The number of thiophene rings is 1. The molecule has 0 spiro atoms. The zero-order chi connectivity index (χ0) is 16.4. The minimum Gasteiger partial charge on any atom is -0.349 e. The van der Waals surface area contributed by atoms with Gasteiger partial charge in [-0.1, -0.05) is 6.07 Å². The number of sulfonamides is 1. The third-order valence-electron chi connectivity index (χ3n) is 3.85. The first kappa shape index (κ1) is 16.0. The van der Waals surface area contributed by atoms with Gasteiger partial charge in [-0.3, -0.25) is 9.52 Å². The molecule has 7 heteroatoms. The van der Waals surface area contributed by atoms with Crippen molar-refractivity contribution < 1.29 is 13.2 Å². The summed E-state index contributed by atoms with van der Waals surface area (Å²) in [5.41, 5.74) is 0.960. The van der Waals surface area contributed by atoms with Crippen LogP contribution in [0.1, 0.15) is 30.1 Å². The van der Waals surface area contributed by atoms with E-state index in [1.165, 1.54) is 12.8 Å². The second-order valence-corrected chi connectivity index (χ2v) is 8.57. The van der Waals surface area contributed by atoms with Gasteiger partial charge in [-0.15, -0.1) is 11.3 Å². The molecule has 0 bridgehead atoms. The van der Waals surface area contributed by atoms with Crippen molar-refractivity contribution in [1.29, 1.82) is 0 Å². The second kappa shape index (κ2) is 6.33. The number of carbonyl (C=O) groups excluding carboxylic acids is 1. The quantitative estimate of drug-likeness (QED) is 0.841. The highest BCUT2D eigenvalue weighted by Crippen LogP contribution is 2.32. The number of carbonyl (C=O) groups is 1. The van der Waals surface area contributed by atoms with Crippen molar-refractivity contribution in [3.05, 3.63) is 47.3 Å². The lowest BCUT2D eigenvalue weighted by atomic mass is 10.1. The van der Waals surface area contributed by atoms with Crippen LogP contribution in [-0.4, -0.2) is 20.4 Å². The maximum atomic E-state index is 12.1. The van der Waals surface area contributed by atoms with Crippen LogP contribution in [0.2, 0.25) is 0 Å². The standard InChI is InChI=1S/C16H18N2O3S2/c1-11(12-4-5-12)17-16(19)13-6-8-14(9-7-13)18-23(20,21)15-3-2-10-22-15/h2-3,6-12,18H,4-5H2,1H3,(H,17,19)/t11-/m1/s1. The van der Waals surface area contributed by atoms with Crippen molar-refractivity contribution >= 4 is 33.0 Å². The molecule has 1 fully saturated rings. The second-order valence-electron chi connectivity index (χ2n) is 5.71. The van der Waals surface area contributed by atoms with Crippen LogP contribution in [-0.2, 0) is 10.0 Å². The van der Waals surface area contributed by atoms with E-state index >= 15 is 0 Å². The van der Waals surface area contributed by atoms with Crippen molar-refractivity contribution in [2.45, 2.75) is 30.0 Å². The van der Waals surface area contributed by atoms with Gasteiger partial charge in [-0.05, 0) is 61.4 Å². The van der Waals surface area contributed by atoms with Gasteiger partial charge in [0.15, 0.2) is 0 Å². The van der Waals surface area contributed by atoms with Gasteiger partial charge in [0, 0.05) is 17.3 Å². The molecule has 1 aromatic heterocycles. The smallest absolute Gasteiger partial charge is 0.271 e. The number of hydrogen-bond acceptors (Lipinski definition) is 4. The van der Waals surface area contributed by atoms with Crippen molar-refractivity contribution in [2.75, 3.05) is 4.72 Å². The topological polar surface area (TPSA) is 75.3 Å². The molecule has 1 atom stereocenters. The van der Waals surface area contributed by atoms with Crippen LogP contribution >= 0.6 is 11.3 Å². The molecular weight excluding hydrogens is 332 g/mol. The SMILES string of the molecule is C[C@@H](NC(=O)c1ccc(NS(=O)(=O)c2cccs2)cc1)C1CC1. The van der Waals surface area contributed by atoms with Crippen molar-refractivity contribution in [3.8, 4) is 0 Å². The molecule has 0 unspecified atom stereocenters. The molecule has 1 saturated carbocycles. The maximum Gasteiger partial charge on any atom is 0.271 e. The Hall–Kier alpha value is -1.86. The van der Waals surface area contributed by atoms with Gasteiger partial charge in [0.2, 0.25) is 0 Å². The monoisotopic (exact) mass is 350 g/mol. The largest absolute Gasteiger partial charge is 0.349 e. The number of rotatable bonds is 6. The first-order chi connectivity index (χ1) is 11.0. The van der Waals surface area contributed by atoms with Gasteiger partial charge >= 0.3 is 0 Å². The Labute approximate surface area is 139 Å². The maximum absolute atomic E-state index is 12.1. The molecule has 0 radical (unpaired) electrons. The Bertz CT molecular complexity index is 779. The van der Waals surface area contributed by atoms with E-state index in [0.717, 1.165) is 11.3 Å². The molecule has 2 N–H and O–H groups in total. The number of anilines is 1. The highest BCUT2D eigenvalue weighted by atomic mass is 32.2. The Morgan fingerprint density at radius 1 is 1.22 bits per heavy atom. The molecule has 0 aliphatic heterocycles. The fourth-order valence-corrected chi connectivity index (χ4v) is 4.37. The molecule has 2 aromatic rings. The highest BCUT2D eigenvalue weighted by Gasteiger charge is 2.29. The summed E-state index contributed by atoms with van der Waals surface area (Å²) in [6.45, 7) is 2.01. The zero-order valence-electron chi connectivity index (χ0n) is 12.7. The van der Waals surface area contributed by atoms with Gasteiger partial charge in [-0.2, -0.15) is 0 Å². The number of hydrogen-bond donors (Lipinski definition) is 2. The van der Waals surface area contributed by atoms with Crippen molar-refractivity contribution in [3.63, 3.8) is 0 Å². The van der Waals surface area contributed by atoms with E-state index in [1.807, 2.05) is 6.92 Å². The van der Waals surface area contributed by atoms with Crippen LogP contribution in [0, 0.1) is 5.92 Å². The van der Waals surface area contributed by atoms with E-state index in [2.05, 4.69) is 10.0 Å². The van der Waals surface area contributed by atoms with E-state index in [9.17, 15) is 13.2 Å². The minimum atomic E-state index is -3.56. The number of amides is 1. The Kier molecular flexibility index (Phi) is 4.41. The lowest BCUT2D eigenvalue weighted by molar-refractivity contribution is 0.0936. The summed E-state index contributed by atoms with van der Waals surface area (Å²) in [4.78, 5) is 12.1. The first-order valence-electron chi connectivity index (χ1n) is 7.43. The van der Waals surface area contributed by atoms with E-state index < -0.39 is 10.0 Å². The summed E-state index contributed by atoms with van der Waals surface area (Å²) in [6.07, 6.45) is 2.34. The summed E-state index contributed by atoms with van der Waals surface area (Å²) in [5, 5.41) is 4.68. The lowest BCUT2D eigenvalue weighted by Gasteiger charge is -2.13. The normalized spacial score (nSPS) is 15.9. The predicted octanol–water partition coefficient (Wildman–Crippen LogP) is 3.08. The molecule has 1 heterocycles. The molecule has 5 nitrogen and oxygen atoms in total. The summed E-state index contributed by atoms with van der Waals surface area (Å²) in [6, 6.07) is 9.87. The van der Waals surface area contributed by atoms with Crippen LogP contribution in [0.25, 0.3) is 0 Å². The number of benzene rings is 1. The zero-order valence-corrected chi connectivity index (χ0v) is 14.3. The summed E-state index contributed by atoms with van der Waals surface area (Å²) < 4.78 is 27.0. The van der Waals surface area contributed by atoms with E-state index in [4.69, 9.17) is 0 Å². The van der Waals surface area contributed by atoms with Gasteiger partial charge in [0.1, 0.15) is 4.21 Å². The molecule has 1 aliphatic rings. The van der Waals surface area contributed by atoms with Crippen molar-refractivity contribution in [1.82, 2.24) is 5.32 Å². The molecule has 1 aromatic carbocycles. The van der Waals surface area contributed by atoms with E-state index in [1.54, 1.807) is 41.8 Å². The fraction of sp³-hybridized carbons (Fsp3) is 0.312. The fourth-order valence-electron chi connectivity index (χ4n) is 2.32. The third-order valence-corrected chi connectivity index (χ3v) is 6.63. The average molecular weight is 350 g/mol. The first-order valence-corrected chi connectivity index (χ1v) is 9.79. The van der Waals surface area contributed by atoms with Crippen molar-refractivity contribution in [2.24, 2.45) is 5.92 Å². The van der Waals surface area contributed by atoms with Gasteiger partial charge in [0.25, 0.3) is 15.9 Å². The number of nitrogens with one attached hydrogen (secondary N) is 2. The Balaban J connectivity index is 1.66.